The van der Waals surface area contributed by atoms with Crippen LogP contribution in [-0.2, 0) is 0 Å². The Kier molecular flexibility index (Phi) is 7.66. The molecule has 0 saturated heterocycles. The van der Waals surface area contributed by atoms with E-state index in [2.05, 4.69) is 41.1 Å². The molecule has 0 heterocycles. The Morgan fingerprint density at radius 1 is 1.28 bits per heavy atom. The zero-order chi connectivity index (χ0) is 13.2. The van der Waals surface area contributed by atoms with Gasteiger partial charge in [0.25, 0.3) is 0 Å². The fourth-order valence-electron chi connectivity index (χ4n) is 1.68. The molecule has 1 atom stereocenters. The van der Waals surface area contributed by atoms with Crippen molar-refractivity contribution in [3.05, 3.63) is 59.7 Å². The highest BCUT2D eigenvalue weighted by Gasteiger charge is 2.00. The number of allylic oxidation sites excluding steroid dienone is 4. The Balaban J connectivity index is 0.000000180. The topological polar surface area (TPSA) is 0 Å². The molecule has 1 unspecified atom stereocenters. The molecule has 98 valence electrons. The summed E-state index contributed by atoms with van der Waals surface area (Å²) < 4.78 is 12.4. The predicted octanol–water partition coefficient (Wildman–Crippen LogP) is 6.11. The molecule has 1 aliphatic rings. The number of hydrogen-bond donors (Lipinski definition) is 0. The molecule has 2 rings (SSSR count). The summed E-state index contributed by atoms with van der Waals surface area (Å²) in [6.07, 6.45) is 11.8. The van der Waals surface area contributed by atoms with Crippen LogP contribution in [0, 0.1) is 0 Å². The van der Waals surface area contributed by atoms with Crippen molar-refractivity contribution in [3.8, 4) is 0 Å². The van der Waals surface area contributed by atoms with Crippen molar-refractivity contribution >= 4 is 15.9 Å². The van der Waals surface area contributed by atoms with E-state index >= 15 is 0 Å². The first-order valence-corrected chi connectivity index (χ1v) is 7.33. The minimum Gasteiger partial charge on any atom is -0.230 e. The summed E-state index contributed by atoms with van der Waals surface area (Å²) in [7, 11) is 0. The number of alkyl halides is 2. The van der Waals surface area contributed by atoms with Gasteiger partial charge in [0.2, 0.25) is 0 Å². The van der Waals surface area contributed by atoms with Gasteiger partial charge < -0.3 is 0 Å². The van der Waals surface area contributed by atoms with Crippen LogP contribution in [0.15, 0.2) is 54.1 Å². The maximum atomic E-state index is 12.4. The van der Waals surface area contributed by atoms with Crippen LogP contribution < -0.4 is 0 Å². The number of hydrogen-bond acceptors (Lipinski definition) is 0. The lowest BCUT2D eigenvalue weighted by Gasteiger charge is -1.96. The standard InChI is InChI=1S/C9H14.C7H6BrF/c1-2-3-6-9-7-4-5-8-9;8-7(9)6-4-2-1-3-5-6/h4-5,7H,2-3,6,8H2,1H3;1-5,7H. The fraction of sp³-hybridized carbons (Fsp3) is 0.375. The van der Waals surface area contributed by atoms with Gasteiger partial charge in [0, 0.05) is 0 Å². The highest BCUT2D eigenvalue weighted by atomic mass is 79.9. The van der Waals surface area contributed by atoms with Crippen LogP contribution in [0.5, 0.6) is 0 Å². The quantitative estimate of drug-likeness (QED) is 0.588. The molecule has 0 saturated carbocycles. The lowest BCUT2D eigenvalue weighted by atomic mass is 10.1. The van der Waals surface area contributed by atoms with Crippen LogP contribution in [0.3, 0.4) is 0 Å². The molecular weight excluding hydrogens is 291 g/mol. The molecule has 1 aromatic carbocycles. The van der Waals surface area contributed by atoms with E-state index in [1.54, 1.807) is 17.7 Å². The van der Waals surface area contributed by atoms with Gasteiger partial charge in [-0.2, -0.15) is 0 Å². The van der Waals surface area contributed by atoms with Gasteiger partial charge in [0.15, 0.2) is 5.08 Å². The lowest BCUT2D eigenvalue weighted by Crippen LogP contribution is -1.77. The zero-order valence-electron chi connectivity index (χ0n) is 10.8. The van der Waals surface area contributed by atoms with Crippen LogP contribution in [-0.4, -0.2) is 0 Å². The third-order valence-electron chi connectivity index (χ3n) is 2.75. The van der Waals surface area contributed by atoms with Gasteiger partial charge in [-0.1, -0.05) is 67.5 Å². The third kappa shape index (κ3) is 6.15. The normalized spacial score (nSPS) is 14.7. The van der Waals surface area contributed by atoms with Crippen molar-refractivity contribution in [2.45, 2.75) is 37.7 Å². The van der Waals surface area contributed by atoms with Crippen molar-refractivity contribution < 1.29 is 4.39 Å². The minimum atomic E-state index is -1.03. The second kappa shape index (κ2) is 9.09. The summed E-state index contributed by atoms with van der Waals surface area (Å²) in [6, 6.07) is 8.95. The van der Waals surface area contributed by atoms with E-state index in [4.69, 9.17) is 0 Å². The van der Waals surface area contributed by atoms with Crippen LogP contribution in [0.1, 0.15) is 43.3 Å². The molecule has 1 aromatic rings. The Morgan fingerprint density at radius 3 is 2.44 bits per heavy atom. The van der Waals surface area contributed by atoms with Gasteiger partial charge in [-0.25, -0.2) is 4.39 Å². The first-order valence-electron chi connectivity index (χ1n) is 6.41. The largest absolute Gasteiger partial charge is 0.230 e. The second-order valence-corrected chi connectivity index (χ2v) is 5.08. The van der Waals surface area contributed by atoms with Crippen molar-refractivity contribution in [1.82, 2.24) is 0 Å². The number of rotatable bonds is 4. The van der Waals surface area contributed by atoms with Crippen molar-refractivity contribution in [2.24, 2.45) is 0 Å². The summed E-state index contributed by atoms with van der Waals surface area (Å²) in [4.78, 5) is 0. The van der Waals surface area contributed by atoms with Crippen LogP contribution in [0.4, 0.5) is 4.39 Å². The third-order valence-corrected chi connectivity index (χ3v) is 3.28. The Hall–Kier alpha value is -0.890. The minimum absolute atomic E-state index is 0.664. The second-order valence-electron chi connectivity index (χ2n) is 4.27. The van der Waals surface area contributed by atoms with E-state index < -0.39 is 5.08 Å². The van der Waals surface area contributed by atoms with Crippen molar-refractivity contribution in [2.75, 3.05) is 0 Å². The van der Waals surface area contributed by atoms with Gasteiger partial charge in [-0.15, -0.1) is 0 Å². The zero-order valence-corrected chi connectivity index (χ0v) is 12.4. The molecule has 0 bridgehead atoms. The number of benzene rings is 1. The summed E-state index contributed by atoms with van der Waals surface area (Å²) in [5.74, 6) is 0. The van der Waals surface area contributed by atoms with Gasteiger partial charge in [0.05, 0.1) is 0 Å². The van der Waals surface area contributed by atoms with Crippen LogP contribution in [0.25, 0.3) is 0 Å². The molecule has 0 amide bonds. The van der Waals surface area contributed by atoms with E-state index in [-0.39, 0.29) is 0 Å². The monoisotopic (exact) mass is 310 g/mol. The molecule has 0 radical (unpaired) electrons. The molecule has 2 heteroatoms. The summed E-state index contributed by atoms with van der Waals surface area (Å²) >= 11 is 2.82. The van der Waals surface area contributed by atoms with Crippen molar-refractivity contribution in [3.63, 3.8) is 0 Å². The summed E-state index contributed by atoms with van der Waals surface area (Å²) in [5.41, 5.74) is 2.27. The highest BCUT2D eigenvalue weighted by Crippen LogP contribution is 2.22. The molecule has 1 aliphatic carbocycles. The van der Waals surface area contributed by atoms with Gasteiger partial charge in [0.1, 0.15) is 0 Å². The highest BCUT2D eigenvalue weighted by molar-refractivity contribution is 9.09. The smallest absolute Gasteiger partial charge is 0.180 e. The summed E-state index contributed by atoms with van der Waals surface area (Å²) in [5, 5.41) is -1.03. The molecule has 18 heavy (non-hydrogen) atoms. The predicted molar refractivity (Wildman–Crippen MR) is 80.6 cm³/mol. The van der Waals surface area contributed by atoms with Crippen LogP contribution in [0.2, 0.25) is 0 Å². The molecule has 0 nitrogen and oxygen atoms in total. The first-order chi connectivity index (χ1) is 8.74. The maximum Gasteiger partial charge on any atom is 0.180 e. The lowest BCUT2D eigenvalue weighted by molar-refractivity contribution is 0.479. The maximum absolute atomic E-state index is 12.4. The van der Waals surface area contributed by atoms with Gasteiger partial charge in [-0.05, 0) is 40.8 Å². The average molecular weight is 311 g/mol. The first kappa shape index (κ1) is 15.2. The van der Waals surface area contributed by atoms with Gasteiger partial charge >= 0.3 is 0 Å². The van der Waals surface area contributed by atoms with Crippen LogP contribution >= 0.6 is 15.9 Å². The van der Waals surface area contributed by atoms with E-state index in [9.17, 15) is 4.39 Å². The van der Waals surface area contributed by atoms with E-state index in [1.165, 1.54) is 25.7 Å². The SMILES string of the molecule is CCCCC1=CC=CC1.FC(Br)c1ccccc1. The van der Waals surface area contributed by atoms with E-state index in [1.807, 2.05) is 18.2 Å². The van der Waals surface area contributed by atoms with E-state index in [0.717, 1.165) is 0 Å². The molecule has 0 fully saturated rings. The Morgan fingerprint density at radius 2 is 2.00 bits per heavy atom. The molecule has 0 aliphatic heterocycles. The molecular formula is C16H20BrF. The Bertz CT molecular complexity index is 379. The molecule has 0 spiro atoms. The van der Waals surface area contributed by atoms with E-state index in [0.29, 0.717) is 5.56 Å². The molecule has 0 aromatic heterocycles. The Labute approximate surface area is 118 Å². The van der Waals surface area contributed by atoms with Gasteiger partial charge in [-0.3, -0.25) is 0 Å². The molecule has 0 N–H and O–H groups in total. The number of halogens is 2. The summed E-state index contributed by atoms with van der Waals surface area (Å²) in [6.45, 7) is 2.24. The average Bonchev–Trinajstić information content (AvgIpc) is 2.91. The van der Waals surface area contributed by atoms with Crippen molar-refractivity contribution in [1.29, 1.82) is 0 Å². The fourth-order valence-corrected chi connectivity index (χ4v) is 1.98. The number of unbranched alkanes of at least 4 members (excludes halogenated alkanes) is 1.